The van der Waals surface area contributed by atoms with Crippen LogP contribution in [0.2, 0.25) is 0 Å². The van der Waals surface area contributed by atoms with E-state index in [1.54, 1.807) is 0 Å². The van der Waals surface area contributed by atoms with Gasteiger partial charge in [0.05, 0.1) is 6.61 Å². The Kier molecular flexibility index (Phi) is 5.45. The fourth-order valence-electron chi connectivity index (χ4n) is 1.80. The van der Waals surface area contributed by atoms with Crippen LogP contribution >= 0.6 is 0 Å². The summed E-state index contributed by atoms with van der Waals surface area (Å²) in [7, 11) is 0. The summed E-state index contributed by atoms with van der Waals surface area (Å²) in [6.45, 7) is 4.16. The van der Waals surface area contributed by atoms with E-state index in [-0.39, 0.29) is 0 Å². The third kappa shape index (κ3) is 4.76. The first-order valence-corrected chi connectivity index (χ1v) is 6.72. The normalized spacial score (nSPS) is 10.4. The van der Waals surface area contributed by atoms with Crippen molar-refractivity contribution in [2.24, 2.45) is 0 Å². The van der Waals surface area contributed by atoms with E-state index in [1.807, 2.05) is 36.4 Å². The molecular formula is C17H20O2. The summed E-state index contributed by atoms with van der Waals surface area (Å²) in [5.74, 6) is 0.890. The van der Waals surface area contributed by atoms with Crippen LogP contribution in [-0.4, -0.2) is 6.61 Å². The Balaban J connectivity index is 1.88. The Hall–Kier alpha value is -1.80. The van der Waals surface area contributed by atoms with E-state index in [1.165, 1.54) is 5.56 Å². The van der Waals surface area contributed by atoms with E-state index in [0.29, 0.717) is 13.2 Å². The maximum absolute atomic E-state index is 5.78. The SMILES string of the molecule is CCCOCc1cccc(OCc2ccccc2)c1. The molecule has 2 nitrogen and oxygen atoms in total. The van der Waals surface area contributed by atoms with E-state index in [4.69, 9.17) is 9.47 Å². The second-order valence-electron chi connectivity index (χ2n) is 4.47. The van der Waals surface area contributed by atoms with Gasteiger partial charge in [-0.3, -0.25) is 0 Å². The summed E-state index contributed by atoms with van der Waals surface area (Å²) in [4.78, 5) is 0. The average molecular weight is 256 g/mol. The van der Waals surface area contributed by atoms with Crippen molar-refractivity contribution in [3.8, 4) is 5.75 Å². The molecule has 2 heteroatoms. The zero-order valence-corrected chi connectivity index (χ0v) is 11.3. The largest absolute Gasteiger partial charge is 0.489 e. The van der Waals surface area contributed by atoms with E-state index in [9.17, 15) is 0 Å². The van der Waals surface area contributed by atoms with Crippen LogP contribution in [0.15, 0.2) is 54.6 Å². The highest BCUT2D eigenvalue weighted by atomic mass is 16.5. The molecule has 0 spiro atoms. The van der Waals surface area contributed by atoms with Crippen molar-refractivity contribution in [3.63, 3.8) is 0 Å². The van der Waals surface area contributed by atoms with Gasteiger partial charge >= 0.3 is 0 Å². The van der Waals surface area contributed by atoms with Crippen LogP contribution in [0.5, 0.6) is 5.75 Å². The van der Waals surface area contributed by atoms with Gasteiger partial charge in [-0.05, 0) is 29.7 Å². The summed E-state index contributed by atoms with van der Waals surface area (Å²) in [5.41, 5.74) is 2.33. The molecule has 0 fully saturated rings. The van der Waals surface area contributed by atoms with Crippen LogP contribution in [-0.2, 0) is 18.0 Å². The molecule has 2 aromatic rings. The summed E-state index contributed by atoms with van der Waals surface area (Å²) in [6.07, 6.45) is 1.05. The molecule has 0 heterocycles. The van der Waals surface area contributed by atoms with Gasteiger partial charge in [0, 0.05) is 6.61 Å². The Bertz CT molecular complexity index is 480. The summed E-state index contributed by atoms with van der Waals surface area (Å²) in [5, 5.41) is 0. The van der Waals surface area contributed by atoms with Gasteiger partial charge in [0.25, 0.3) is 0 Å². The molecule has 0 aliphatic rings. The lowest BCUT2D eigenvalue weighted by atomic mass is 10.2. The van der Waals surface area contributed by atoms with E-state index < -0.39 is 0 Å². The van der Waals surface area contributed by atoms with Gasteiger partial charge in [0.1, 0.15) is 12.4 Å². The first-order valence-electron chi connectivity index (χ1n) is 6.72. The van der Waals surface area contributed by atoms with Crippen molar-refractivity contribution in [3.05, 3.63) is 65.7 Å². The third-order valence-electron chi connectivity index (χ3n) is 2.76. The van der Waals surface area contributed by atoms with E-state index >= 15 is 0 Å². The molecule has 0 atom stereocenters. The molecule has 2 aromatic carbocycles. The van der Waals surface area contributed by atoms with Gasteiger partial charge in [-0.2, -0.15) is 0 Å². The number of ether oxygens (including phenoxy) is 2. The highest BCUT2D eigenvalue weighted by Gasteiger charge is 1.98. The lowest BCUT2D eigenvalue weighted by Gasteiger charge is -2.08. The first kappa shape index (κ1) is 13.6. The highest BCUT2D eigenvalue weighted by Crippen LogP contribution is 2.16. The smallest absolute Gasteiger partial charge is 0.120 e. The number of benzene rings is 2. The molecule has 19 heavy (non-hydrogen) atoms. The number of hydrogen-bond donors (Lipinski definition) is 0. The number of hydrogen-bond acceptors (Lipinski definition) is 2. The van der Waals surface area contributed by atoms with Gasteiger partial charge < -0.3 is 9.47 Å². The zero-order chi connectivity index (χ0) is 13.3. The first-order chi connectivity index (χ1) is 9.38. The topological polar surface area (TPSA) is 18.5 Å². The molecule has 0 aliphatic heterocycles. The van der Waals surface area contributed by atoms with Crippen LogP contribution in [0.1, 0.15) is 24.5 Å². The fourth-order valence-corrected chi connectivity index (χ4v) is 1.80. The second-order valence-corrected chi connectivity index (χ2v) is 4.47. The van der Waals surface area contributed by atoms with Crippen LogP contribution in [0.3, 0.4) is 0 Å². The Morgan fingerprint density at radius 3 is 2.42 bits per heavy atom. The van der Waals surface area contributed by atoms with Gasteiger partial charge in [0.2, 0.25) is 0 Å². The van der Waals surface area contributed by atoms with Gasteiger partial charge in [-0.1, -0.05) is 49.4 Å². The van der Waals surface area contributed by atoms with Crippen molar-refractivity contribution in [1.29, 1.82) is 0 Å². The van der Waals surface area contributed by atoms with Crippen LogP contribution < -0.4 is 4.74 Å². The molecular weight excluding hydrogens is 236 g/mol. The van der Waals surface area contributed by atoms with Crippen LogP contribution in [0.25, 0.3) is 0 Å². The minimum absolute atomic E-state index is 0.597. The molecule has 0 saturated carbocycles. The second kappa shape index (κ2) is 7.59. The third-order valence-corrected chi connectivity index (χ3v) is 2.76. The molecule has 0 bridgehead atoms. The van der Waals surface area contributed by atoms with Crippen molar-refractivity contribution < 1.29 is 9.47 Å². The van der Waals surface area contributed by atoms with Gasteiger partial charge in [-0.25, -0.2) is 0 Å². The maximum atomic E-state index is 5.78. The monoisotopic (exact) mass is 256 g/mol. The predicted molar refractivity (Wildman–Crippen MR) is 77.2 cm³/mol. The molecule has 0 N–H and O–H groups in total. The van der Waals surface area contributed by atoms with E-state index in [2.05, 4.69) is 25.1 Å². The summed E-state index contributed by atoms with van der Waals surface area (Å²) >= 11 is 0. The van der Waals surface area contributed by atoms with Gasteiger partial charge in [-0.15, -0.1) is 0 Å². The highest BCUT2D eigenvalue weighted by molar-refractivity contribution is 5.28. The Labute approximate surface area is 115 Å². The quantitative estimate of drug-likeness (QED) is 0.691. The van der Waals surface area contributed by atoms with Crippen LogP contribution in [0, 0.1) is 0 Å². The molecule has 0 aromatic heterocycles. The lowest BCUT2D eigenvalue weighted by molar-refractivity contribution is 0.121. The summed E-state index contributed by atoms with van der Waals surface area (Å²) in [6, 6.07) is 18.3. The fraction of sp³-hybridized carbons (Fsp3) is 0.294. The Morgan fingerprint density at radius 2 is 1.63 bits per heavy atom. The summed E-state index contributed by atoms with van der Waals surface area (Å²) < 4.78 is 11.3. The molecule has 0 aliphatic carbocycles. The molecule has 0 unspecified atom stereocenters. The number of rotatable bonds is 7. The molecule has 0 amide bonds. The van der Waals surface area contributed by atoms with Crippen molar-refractivity contribution in [1.82, 2.24) is 0 Å². The van der Waals surface area contributed by atoms with Crippen molar-refractivity contribution in [2.45, 2.75) is 26.6 Å². The molecule has 2 rings (SSSR count). The minimum Gasteiger partial charge on any atom is -0.489 e. The lowest BCUT2D eigenvalue weighted by Crippen LogP contribution is -1.97. The van der Waals surface area contributed by atoms with Crippen LogP contribution in [0.4, 0.5) is 0 Å². The molecule has 0 radical (unpaired) electrons. The van der Waals surface area contributed by atoms with E-state index in [0.717, 1.165) is 24.3 Å². The minimum atomic E-state index is 0.597. The zero-order valence-electron chi connectivity index (χ0n) is 11.3. The van der Waals surface area contributed by atoms with Crippen molar-refractivity contribution in [2.75, 3.05) is 6.61 Å². The molecule has 100 valence electrons. The Morgan fingerprint density at radius 1 is 0.842 bits per heavy atom. The predicted octanol–water partition coefficient (Wildman–Crippen LogP) is 4.19. The van der Waals surface area contributed by atoms with Crippen molar-refractivity contribution >= 4 is 0 Å². The molecule has 0 saturated heterocycles. The average Bonchev–Trinajstić information content (AvgIpc) is 2.47. The maximum Gasteiger partial charge on any atom is 0.120 e. The standard InChI is InChI=1S/C17H20O2/c1-2-11-18-13-16-9-6-10-17(12-16)19-14-15-7-4-3-5-8-15/h3-10,12H,2,11,13-14H2,1H3. The van der Waals surface area contributed by atoms with Gasteiger partial charge in [0.15, 0.2) is 0 Å².